The molecule has 20 heavy (non-hydrogen) atoms. The first-order valence-electron chi connectivity index (χ1n) is 7.13. The van der Waals surface area contributed by atoms with Crippen molar-refractivity contribution in [3.63, 3.8) is 0 Å². The van der Waals surface area contributed by atoms with Crippen molar-refractivity contribution in [3.05, 3.63) is 23.4 Å². The standard InChI is InChI=1S/C15H24N4O/c1-11-9-12(10-14(16-2)17-11)15(20)19-7-5-13(6-8-19)18(3)4/h9-10,13H,5-8H2,1-4H3,(H,16,17). The maximum Gasteiger partial charge on any atom is 0.254 e. The number of hydrogen-bond donors (Lipinski definition) is 1. The number of carbonyl (C=O) groups excluding carboxylic acids is 1. The van der Waals surface area contributed by atoms with Gasteiger partial charge in [-0.1, -0.05) is 0 Å². The van der Waals surface area contributed by atoms with Gasteiger partial charge in [0.05, 0.1) is 0 Å². The van der Waals surface area contributed by atoms with Crippen LogP contribution < -0.4 is 5.32 Å². The molecule has 1 N–H and O–H groups in total. The van der Waals surface area contributed by atoms with Crippen LogP contribution in [0.3, 0.4) is 0 Å². The number of hydrogen-bond acceptors (Lipinski definition) is 4. The summed E-state index contributed by atoms with van der Waals surface area (Å²) >= 11 is 0. The van der Waals surface area contributed by atoms with Gasteiger partial charge in [0, 0.05) is 37.4 Å². The van der Waals surface area contributed by atoms with Gasteiger partial charge in [-0.05, 0) is 46.0 Å². The van der Waals surface area contributed by atoms with Crippen LogP contribution in [0.25, 0.3) is 0 Å². The Morgan fingerprint density at radius 1 is 1.35 bits per heavy atom. The van der Waals surface area contributed by atoms with Crippen molar-refractivity contribution >= 4 is 11.7 Å². The van der Waals surface area contributed by atoms with Gasteiger partial charge >= 0.3 is 0 Å². The van der Waals surface area contributed by atoms with Crippen LogP contribution in [0.1, 0.15) is 28.9 Å². The second-order valence-electron chi connectivity index (χ2n) is 5.62. The summed E-state index contributed by atoms with van der Waals surface area (Å²) in [6.45, 7) is 3.58. The third kappa shape index (κ3) is 3.28. The molecule has 110 valence electrons. The summed E-state index contributed by atoms with van der Waals surface area (Å²) in [5.74, 6) is 0.862. The van der Waals surface area contributed by atoms with Crippen LogP contribution in [0, 0.1) is 6.92 Å². The van der Waals surface area contributed by atoms with E-state index in [4.69, 9.17) is 0 Å². The van der Waals surface area contributed by atoms with Crippen molar-refractivity contribution in [2.45, 2.75) is 25.8 Å². The van der Waals surface area contributed by atoms with Crippen molar-refractivity contribution in [2.75, 3.05) is 39.5 Å². The molecular formula is C15H24N4O. The van der Waals surface area contributed by atoms with Crippen LogP contribution in [0.4, 0.5) is 5.82 Å². The highest BCUT2D eigenvalue weighted by Crippen LogP contribution is 2.18. The number of nitrogens with zero attached hydrogens (tertiary/aromatic N) is 3. The zero-order chi connectivity index (χ0) is 14.7. The largest absolute Gasteiger partial charge is 0.373 e. The number of carbonyl (C=O) groups is 1. The first-order valence-corrected chi connectivity index (χ1v) is 7.13. The van der Waals surface area contributed by atoms with E-state index in [-0.39, 0.29) is 5.91 Å². The molecule has 5 heteroatoms. The lowest BCUT2D eigenvalue weighted by molar-refractivity contribution is 0.0663. The minimum Gasteiger partial charge on any atom is -0.373 e. The summed E-state index contributed by atoms with van der Waals surface area (Å²) in [5, 5.41) is 3.00. The lowest BCUT2D eigenvalue weighted by Crippen LogP contribution is -2.44. The normalized spacial score (nSPS) is 16.6. The Kier molecular flexibility index (Phi) is 4.60. The summed E-state index contributed by atoms with van der Waals surface area (Å²) < 4.78 is 0. The Hall–Kier alpha value is -1.62. The number of aromatic nitrogens is 1. The van der Waals surface area contributed by atoms with Crippen LogP contribution in [0.15, 0.2) is 12.1 Å². The highest BCUT2D eigenvalue weighted by atomic mass is 16.2. The highest BCUT2D eigenvalue weighted by molar-refractivity contribution is 5.95. The van der Waals surface area contributed by atoms with Gasteiger partial charge in [-0.3, -0.25) is 4.79 Å². The molecule has 0 radical (unpaired) electrons. The molecule has 1 aromatic rings. The molecule has 0 aliphatic carbocycles. The van der Waals surface area contributed by atoms with Gasteiger partial charge in [-0.2, -0.15) is 0 Å². The molecule has 0 atom stereocenters. The lowest BCUT2D eigenvalue weighted by Gasteiger charge is -2.35. The van der Waals surface area contributed by atoms with Gasteiger partial charge in [0.2, 0.25) is 0 Å². The molecule has 1 fully saturated rings. The minimum atomic E-state index is 0.115. The molecule has 0 saturated carbocycles. The number of rotatable bonds is 3. The third-order valence-electron chi connectivity index (χ3n) is 3.94. The van der Waals surface area contributed by atoms with Crippen LogP contribution in [-0.2, 0) is 0 Å². The molecule has 1 aliphatic heterocycles. The fourth-order valence-electron chi connectivity index (χ4n) is 2.69. The summed E-state index contributed by atoms with van der Waals surface area (Å²) in [4.78, 5) is 21.1. The molecule has 0 bridgehead atoms. The van der Waals surface area contributed by atoms with E-state index in [0.29, 0.717) is 6.04 Å². The van der Waals surface area contributed by atoms with E-state index in [1.165, 1.54) is 0 Å². The van der Waals surface area contributed by atoms with Crippen molar-refractivity contribution in [1.29, 1.82) is 0 Å². The molecule has 1 saturated heterocycles. The topological polar surface area (TPSA) is 48.5 Å². The van der Waals surface area contributed by atoms with Gasteiger partial charge < -0.3 is 15.1 Å². The number of pyridine rings is 1. The maximum absolute atomic E-state index is 12.6. The average molecular weight is 276 g/mol. The SMILES string of the molecule is CNc1cc(C(=O)N2CCC(N(C)C)CC2)cc(C)n1. The van der Waals surface area contributed by atoms with E-state index in [2.05, 4.69) is 29.3 Å². The van der Waals surface area contributed by atoms with Crippen molar-refractivity contribution < 1.29 is 4.79 Å². The molecule has 1 aromatic heterocycles. The number of anilines is 1. The molecule has 1 aliphatic rings. The maximum atomic E-state index is 12.6. The monoisotopic (exact) mass is 276 g/mol. The Labute approximate surface area is 121 Å². The average Bonchev–Trinajstić information content (AvgIpc) is 2.45. The molecule has 0 aromatic carbocycles. The Morgan fingerprint density at radius 2 is 2.00 bits per heavy atom. The first-order chi connectivity index (χ1) is 9.51. The van der Waals surface area contributed by atoms with Crippen LogP contribution in [0.2, 0.25) is 0 Å². The van der Waals surface area contributed by atoms with E-state index in [1.807, 2.05) is 31.0 Å². The second-order valence-corrected chi connectivity index (χ2v) is 5.62. The summed E-state index contributed by atoms with van der Waals surface area (Å²) in [5.41, 5.74) is 1.59. The molecule has 2 heterocycles. The minimum absolute atomic E-state index is 0.115. The van der Waals surface area contributed by atoms with E-state index >= 15 is 0 Å². The van der Waals surface area contributed by atoms with Crippen molar-refractivity contribution in [2.24, 2.45) is 0 Å². The fourth-order valence-corrected chi connectivity index (χ4v) is 2.69. The third-order valence-corrected chi connectivity index (χ3v) is 3.94. The molecule has 5 nitrogen and oxygen atoms in total. The van der Waals surface area contributed by atoms with Crippen LogP contribution >= 0.6 is 0 Å². The van der Waals surface area contributed by atoms with Crippen molar-refractivity contribution in [1.82, 2.24) is 14.8 Å². The molecular weight excluding hydrogens is 252 g/mol. The Bertz CT molecular complexity index is 479. The lowest BCUT2D eigenvalue weighted by atomic mass is 10.0. The number of amides is 1. The summed E-state index contributed by atoms with van der Waals surface area (Å²) in [7, 11) is 6.03. The molecule has 2 rings (SSSR count). The van der Waals surface area contributed by atoms with Crippen LogP contribution in [-0.4, -0.2) is 61.0 Å². The van der Waals surface area contributed by atoms with E-state index in [9.17, 15) is 4.79 Å². The zero-order valence-corrected chi connectivity index (χ0v) is 12.8. The summed E-state index contributed by atoms with van der Waals surface area (Å²) in [6, 6.07) is 4.28. The molecule has 0 spiro atoms. The fraction of sp³-hybridized carbons (Fsp3) is 0.600. The van der Waals surface area contributed by atoms with Gasteiger partial charge in [0.1, 0.15) is 5.82 Å². The Balaban J connectivity index is 2.07. The van der Waals surface area contributed by atoms with Gasteiger partial charge in [-0.25, -0.2) is 4.98 Å². The number of likely N-dealkylation sites (tertiary alicyclic amines) is 1. The number of piperidine rings is 1. The predicted molar refractivity (Wildman–Crippen MR) is 81.1 cm³/mol. The van der Waals surface area contributed by atoms with Crippen molar-refractivity contribution in [3.8, 4) is 0 Å². The number of aryl methyl sites for hydroxylation is 1. The first kappa shape index (κ1) is 14.8. The predicted octanol–water partition coefficient (Wildman–Crippen LogP) is 1.60. The summed E-state index contributed by atoms with van der Waals surface area (Å²) in [6.07, 6.45) is 2.09. The zero-order valence-electron chi connectivity index (χ0n) is 12.8. The quantitative estimate of drug-likeness (QED) is 0.911. The highest BCUT2D eigenvalue weighted by Gasteiger charge is 2.24. The Morgan fingerprint density at radius 3 is 2.55 bits per heavy atom. The van der Waals surface area contributed by atoms with Gasteiger partial charge in [0.25, 0.3) is 5.91 Å². The van der Waals surface area contributed by atoms with E-state index in [0.717, 1.165) is 43.0 Å². The number of nitrogens with one attached hydrogen (secondary N) is 1. The van der Waals surface area contributed by atoms with Gasteiger partial charge in [0.15, 0.2) is 0 Å². The van der Waals surface area contributed by atoms with Crippen LogP contribution in [0.5, 0.6) is 0 Å². The molecule has 0 unspecified atom stereocenters. The second kappa shape index (κ2) is 6.22. The van der Waals surface area contributed by atoms with E-state index < -0.39 is 0 Å². The molecule has 1 amide bonds. The van der Waals surface area contributed by atoms with E-state index in [1.54, 1.807) is 0 Å². The van der Waals surface area contributed by atoms with Gasteiger partial charge in [-0.15, -0.1) is 0 Å². The smallest absolute Gasteiger partial charge is 0.254 e.